The second kappa shape index (κ2) is 6.78. The first-order chi connectivity index (χ1) is 11.8. The summed E-state index contributed by atoms with van der Waals surface area (Å²) in [5.41, 5.74) is 1.29. The number of fused-ring (bicyclic) bond motifs is 1. The molecule has 0 aromatic carbocycles. The van der Waals surface area contributed by atoms with Crippen molar-refractivity contribution in [3.05, 3.63) is 36.3 Å². The molecule has 1 aliphatic heterocycles. The molecule has 3 heterocycles. The summed E-state index contributed by atoms with van der Waals surface area (Å²) in [7, 11) is 0. The zero-order valence-corrected chi connectivity index (χ0v) is 13.6. The number of carbonyl (C=O) groups excluding carboxylic acids is 1. The number of amides is 1. The largest absolute Gasteiger partial charge is 0.481 e. The summed E-state index contributed by atoms with van der Waals surface area (Å²) in [4.78, 5) is 29.0. The van der Waals surface area contributed by atoms with Crippen molar-refractivity contribution in [3.8, 4) is 0 Å². The topological polar surface area (TPSA) is 74.9 Å². The number of aliphatic carboxylic acids is 1. The number of aromatic nitrogens is 2. The summed E-state index contributed by atoms with van der Waals surface area (Å²) in [6, 6.07) is 5.50. The van der Waals surface area contributed by atoms with Crippen molar-refractivity contribution < 1.29 is 23.5 Å². The minimum Gasteiger partial charge on any atom is -0.481 e. The van der Waals surface area contributed by atoms with E-state index in [9.17, 15) is 18.4 Å². The number of rotatable bonds is 4. The monoisotopic (exact) mass is 351 g/mol. The van der Waals surface area contributed by atoms with Gasteiger partial charge in [0.15, 0.2) is 0 Å². The third-order valence-electron chi connectivity index (χ3n) is 4.58. The molecule has 1 N–H and O–H groups in total. The van der Waals surface area contributed by atoms with Crippen LogP contribution in [0, 0.1) is 5.92 Å². The lowest BCUT2D eigenvalue weighted by Gasteiger charge is -2.22. The van der Waals surface area contributed by atoms with Gasteiger partial charge in [0, 0.05) is 37.8 Å². The van der Waals surface area contributed by atoms with E-state index < -0.39 is 30.7 Å². The van der Waals surface area contributed by atoms with Gasteiger partial charge in [0.25, 0.3) is 5.92 Å². The van der Waals surface area contributed by atoms with Crippen LogP contribution < -0.4 is 0 Å². The Morgan fingerprint density at radius 2 is 2.12 bits per heavy atom. The lowest BCUT2D eigenvalue weighted by Crippen LogP contribution is -2.34. The SMILES string of the molecule is O=C(O)CC1CCN(C(=O)Cc2cn3ccccc3n2)CCC1(F)F. The van der Waals surface area contributed by atoms with Crippen LogP contribution in [0.15, 0.2) is 30.6 Å². The van der Waals surface area contributed by atoms with Gasteiger partial charge in [0.05, 0.1) is 18.5 Å². The first kappa shape index (κ1) is 17.3. The van der Waals surface area contributed by atoms with Crippen molar-refractivity contribution in [1.82, 2.24) is 14.3 Å². The summed E-state index contributed by atoms with van der Waals surface area (Å²) in [6.45, 7) is 0.0645. The molecule has 3 rings (SSSR count). The number of nitrogens with zero attached hydrogens (tertiary/aromatic N) is 3. The van der Waals surface area contributed by atoms with Crippen molar-refractivity contribution in [3.63, 3.8) is 0 Å². The van der Waals surface area contributed by atoms with Crippen LogP contribution in [0.2, 0.25) is 0 Å². The van der Waals surface area contributed by atoms with E-state index in [0.717, 1.165) is 0 Å². The molecule has 2 aromatic rings. The van der Waals surface area contributed by atoms with Crippen LogP contribution in [0.5, 0.6) is 0 Å². The van der Waals surface area contributed by atoms with Crippen LogP contribution in [0.3, 0.4) is 0 Å². The average Bonchev–Trinajstić information content (AvgIpc) is 2.88. The van der Waals surface area contributed by atoms with E-state index in [4.69, 9.17) is 5.11 Å². The van der Waals surface area contributed by atoms with E-state index in [-0.39, 0.29) is 31.8 Å². The third-order valence-corrected chi connectivity index (χ3v) is 4.58. The molecule has 1 atom stereocenters. The van der Waals surface area contributed by atoms with Crippen molar-refractivity contribution in [1.29, 1.82) is 0 Å². The fraction of sp³-hybridized carbons (Fsp3) is 0.471. The van der Waals surface area contributed by atoms with Crippen molar-refractivity contribution in [2.75, 3.05) is 13.1 Å². The number of imidazole rings is 1. The molecule has 2 aromatic heterocycles. The first-order valence-corrected chi connectivity index (χ1v) is 8.15. The second-order valence-corrected chi connectivity index (χ2v) is 6.35. The zero-order valence-electron chi connectivity index (χ0n) is 13.6. The first-order valence-electron chi connectivity index (χ1n) is 8.15. The van der Waals surface area contributed by atoms with Gasteiger partial charge in [0.1, 0.15) is 5.65 Å². The smallest absolute Gasteiger partial charge is 0.303 e. The van der Waals surface area contributed by atoms with E-state index in [1.807, 2.05) is 24.4 Å². The summed E-state index contributed by atoms with van der Waals surface area (Å²) >= 11 is 0. The maximum atomic E-state index is 14.1. The highest BCUT2D eigenvalue weighted by Crippen LogP contribution is 2.36. The zero-order chi connectivity index (χ0) is 18.0. The molecule has 1 aliphatic rings. The highest BCUT2D eigenvalue weighted by Gasteiger charge is 2.43. The lowest BCUT2D eigenvalue weighted by molar-refractivity contribution is -0.143. The lowest BCUT2D eigenvalue weighted by atomic mass is 9.93. The molecule has 0 saturated carbocycles. The summed E-state index contributed by atoms with van der Waals surface area (Å²) in [5, 5.41) is 8.80. The number of carboxylic acid groups (broad SMARTS) is 1. The molecular weight excluding hydrogens is 332 g/mol. The predicted molar refractivity (Wildman–Crippen MR) is 85.4 cm³/mol. The van der Waals surface area contributed by atoms with E-state index in [2.05, 4.69) is 4.98 Å². The molecule has 1 amide bonds. The highest BCUT2D eigenvalue weighted by atomic mass is 19.3. The van der Waals surface area contributed by atoms with Gasteiger partial charge in [-0.05, 0) is 18.6 Å². The second-order valence-electron chi connectivity index (χ2n) is 6.35. The van der Waals surface area contributed by atoms with Gasteiger partial charge in [-0.25, -0.2) is 13.8 Å². The minimum absolute atomic E-state index is 0.0177. The minimum atomic E-state index is -3.07. The van der Waals surface area contributed by atoms with Crippen LogP contribution in [-0.4, -0.2) is 50.3 Å². The normalized spacial score (nSPS) is 20.4. The van der Waals surface area contributed by atoms with Gasteiger partial charge in [0.2, 0.25) is 5.91 Å². The van der Waals surface area contributed by atoms with E-state index in [1.165, 1.54) is 4.90 Å². The Morgan fingerprint density at radius 1 is 1.32 bits per heavy atom. The van der Waals surface area contributed by atoms with Crippen LogP contribution in [-0.2, 0) is 16.0 Å². The van der Waals surface area contributed by atoms with Gasteiger partial charge < -0.3 is 14.4 Å². The Kier molecular flexibility index (Phi) is 4.69. The molecular formula is C17H19F2N3O3. The summed E-state index contributed by atoms with van der Waals surface area (Å²) in [6.07, 6.45) is 2.49. The Balaban J connectivity index is 1.67. The number of pyridine rings is 1. The van der Waals surface area contributed by atoms with Crippen molar-refractivity contribution in [2.45, 2.75) is 31.6 Å². The number of carboxylic acids is 1. The number of alkyl halides is 2. The average molecular weight is 351 g/mol. The number of halogens is 2. The molecule has 8 heteroatoms. The van der Waals surface area contributed by atoms with Gasteiger partial charge in [-0.15, -0.1) is 0 Å². The standard InChI is InChI=1S/C17H19F2N3O3/c18-17(19)5-8-21(7-4-12(17)9-16(24)25)15(23)10-13-11-22-6-2-1-3-14(22)20-13/h1-3,6,11-12H,4-5,7-10H2,(H,24,25). The predicted octanol–water partition coefficient (Wildman–Crippen LogP) is 2.23. The summed E-state index contributed by atoms with van der Waals surface area (Å²) in [5.74, 6) is -5.82. The molecule has 1 saturated heterocycles. The molecule has 0 bridgehead atoms. The van der Waals surface area contributed by atoms with E-state index in [0.29, 0.717) is 11.3 Å². The molecule has 0 radical (unpaired) electrons. The third kappa shape index (κ3) is 3.94. The fourth-order valence-corrected chi connectivity index (χ4v) is 3.17. The van der Waals surface area contributed by atoms with Crippen LogP contribution in [0.4, 0.5) is 8.78 Å². The molecule has 1 unspecified atom stereocenters. The number of hydrogen-bond acceptors (Lipinski definition) is 3. The van der Waals surface area contributed by atoms with Crippen molar-refractivity contribution >= 4 is 17.5 Å². The molecule has 134 valence electrons. The Labute approximate surface area is 143 Å². The van der Waals surface area contributed by atoms with Gasteiger partial charge in [-0.1, -0.05) is 6.07 Å². The van der Waals surface area contributed by atoms with Crippen molar-refractivity contribution in [2.24, 2.45) is 5.92 Å². The highest BCUT2D eigenvalue weighted by molar-refractivity contribution is 5.78. The van der Waals surface area contributed by atoms with E-state index in [1.54, 1.807) is 10.6 Å². The Hall–Kier alpha value is -2.51. The molecule has 6 nitrogen and oxygen atoms in total. The Morgan fingerprint density at radius 3 is 2.84 bits per heavy atom. The molecule has 0 aliphatic carbocycles. The van der Waals surface area contributed by atoms with Crippen LogP contribution >= 0.6 is 0 Å². The summed E-state index contributed by atoms with van der Waals surface area (Å²) < 4.78 is 29.9. The van der Waals surface area contributed by atoms with Crippen LogP contribution in [0.25, 0.3) is 5.65 Å². The molecule has 0 spiro atoms. The quantitative estimate of drug-likeness (QED) is 0.917. The van der Waals surface area contributed by atoms with Crippen LogP contribution in [0.1, 0.15) is 25.0 Å². The van der Waals surface area contributed by atoms with Gasteiger partial charge in [-0.2, -0.15) is 0 Å². The molecule has 1 fully saturated rings. The van der Waals surface area contributed by atoms with Gasteiger partial charge >= 0.3 is 5.97 Å². The van der Waals surface area contributed by atoms with Gasteiger partial charge in [-0.3, -0.25) is 9.59 Å². The molecule has 25 heavy (non-hydrogen) atoms. The maximum absolute atomic E-state index is 14.1. The Bertz CT molecular complexity index is 757. The van der Waals surface area contributed by atoms with E-state index >= 15 is 0 Å². The number of hydrogen-bond donors (Lipinski definition) is 1. The fourth-order valence-electron chi connectivity index (χ4n) is 3.17. The maximum Gasteiger partial charge on any atom is 0.303 e. The number of carbonyl (C=O) groups is 2. The number of likely N-dealkylation sites (tertiary alicyclic amines) is 1.